The van der Waals surface area contributed by atoms with Crippen LogP contribution in [0.3, 0.4) is 0 Å². The standard InChI is InChI=1S/C26H22ClN5O5/c1-14-23(25(33)29-19-13-21(36-2)17(27)12-22(19)37-3)24(15-7-6-8-16(11-15)32(34)35)31-20-10-5-4-9-18(20)30-26(31)28-14/h4-13,24H,1-3H3,(H,28,30)(H,29,33)/t24-/m0/s1. The Morgan fingerprint density at radius 3 is 2.59 bits per heavy atom. The quantitative estimate of drug-likeness (QED) is 0.253. The van der Waals surface area contributed by atoms with Crippen molar-refractivity contribution in [2.75, 3.05) is 24.9 Å². The Labute approximate surface area is 216 Å². The summed E-state index contributed by atoms with van der Waals surface area (Å²) in [6, 6.07) is 16.2. The summed E-state index contributed by atoms with van der Waals surface area (Å²) >= 11 is 6.23. The highest BCUT2D eigenvalue weighted by atomic mass is 35.5. The summed E-state index contributed by atoms with van der Waals surface area (Å²) < 4.78 is 12.6. The molecular weight excluding hydrogens is 498 g/mol. The van der Waals surface area contributed by atoms with E-state index in [1.54, 1.807) is 31.2 Å². The number of carbonyl (C=O) groups excluding carboxylic acids is 1. The fourth-order valence-corrected chi connectivity index (χ4v) is 4.76. The molecule has 1 aliphatic heterocycles. The van der Waals surface area contributed by atoms with Gasteiger partial charge in [0.1, 0.15) is 11.5 Å². The molecule has 2 N–H and O–H groups in total. The van der Waals surface area contributed by atoms with Crippen LogP contribution in [0.1, 0.15) is 18.5 Å². The Morgan fingerprint density at radius 2 is 1.86 bits per heavy atom. The van der Waals surface area contributed by atoms with E-state index in [-0.39, 0.29) is 5.69 Å². The number of non-ortho nitro benzene ring substituents is 1. The molecule has 1 aromatic heterocycles. The van der Waals surface area contributed by atoms with Gasteiger partial charge in [-0.15, -0.1) is 0 Å². The van der Waals surface area contributed by atoms with E-state index in [9.17, 15) is 14.9 Å². The van der Waals surface area contributed by atoms with Crippen LogP contribution in [0.4, 0.5) is 17.3 Å². The maximum absolute atomic E-state index is 13.9. The molecule has 0 radical (unpaired) electrons. The van der Waals surface area contributed by atoms with Gasteiger partial charge in [-0.05, 0) is 24.6 Å². The van der Waals surface area contributed by atoms with Crippen LogP contribution in [0, 0.1) is 10.1 Å². The first-order chi connectivity index (χ1) is 17.8. The fourth-order valence-electron chi connectivity index (χ4n) is 4.53. The number of methoxy groups -OCH3 is 2. The molecule has 3 aromatic carbocycles. The second-order valence-corrected chi connectivity index (χ2v) is 8.76. The Kier molecular flexibility index (Phi) is 6.18. The van der Waals surface area contributed by atoms with Gasteiger partial charge in [-0.1, -0.05) is 35.9 Å². The second-order valence-electron chi connectivity index (χ2n) is 8.35. The fraction of sp³-hybridized carbons (Fsp3) is 0.154. The molecular formula is C26H22ClN5O5. The summed E-state index contributed by atoms with van der Waals surface area (Å²) in [5.74, 6) is 0.801. The number of fused-ring (bicyclic) bond motifs is 3. The van der Waals surface area contributed by atoms with E-state index in [1.807, 2.05) is 28.8 Å². The molecule has 5 rings (SSSR count). The third kappa shape index (κ3) is 4.21. The Hall–Kier alpha value is -4.57. The van der Waals surface area contributed by atoms with Gasteiger partial charge in [-0.3, -0.25) is 19.5 Å². The number of hydrogen-bond acceptors (Lipinski definition) is 7. The first kappa shape index (κ1) is 24.1. The van der Waals surface area contributed by atoms with Gasteiger partial charge in [0, 0.05) is 30.0 Å². The number of nitro benzene ring substituents is 1. The lowest BCUT2D eigenvalue weighted by molar-refractivity contribution is -0.384. The number of hydrogen-bond donors (Lipinski definition) is 2. The summed E-state index contributed by atoms with van der Waals surface area (Å²) in [6.45, 7) is 1.77. The first-order valence-corrected chi connectivity index (χ1v) is 11.6. The Balaban J connectivity index is 1.67. The second kappa shape index (κ2) is 9.47. The normalized spacial score (nSPS) is 14.6. The number of rotatable bonds is 6. The van der Waals surface area contributed by atoms with Gasteiger partial charge in [-0.2, -0.15) is 0 Å². The minimum atomic E-state index is -0.705. The number of para-hydroxylation sites is 2. The number of aromatic nitrogens is 2. The predicted octanol–water partition coefficient (Wildman–Crippen LogP) is 5.54. The zero-order chi connectivity index (χ0) is 26.3. The van der Waals surface area contributed by atoms with Gasteiger partial charge in [0.15, 0.2) is 0 Å². The van der Waals surface area contributed by atoms with E-state index in [2.05, 4.69) is 15.6 Å². The summed E-state index contributed by atoms with van der Waals surface area (Å²) in [4.78, 5) is 29.7. The number of halogens is 1. The van der Waals surface area contributed by atoms with Crippen molar-refractivity contribution in [3.63, 3.8) is 0 Å². The van der Waals surface area contributed by atoms with Crippen LogP contribution in [0.2, 0.25) is 5.02 Å². The number of nitrogens with zero attached hydrogens (tertiary/aromatic N) is 3. The first-order valence-electron chi connectivity index (χ1n) is 11.2. The third-order valence-electron chi connectivity index (χ3n) is 6.19. The number of nitro groups is 1. The van der Waals surface area contributed by atoms with Gasteiger partial charge < -0.3 is 20.1 Å². The number of ether oxygens (including phenoxy) is 2. The number of benzene rings is 3. The average molecular weight is 520 g/mol. The van der Waals surface area contributed by atoms with Gasteiger partial charge in [-0.25, -0.2) is 4.98 Å². The molecule has 1 amide bonds. The van der Waals surface area contributed by atoms with Crippen LogP contribution in [0.15, 0.2) is 71.9 Å². The molecule has 10 nitrogen and oxygen atoms in total. The van der Waals surface area contributed by atoms with E-state index in [0.29, 0.717) is 45.0 Å². The molecule has 0 bridgehead atoms. The molecule has 4 aromatic rings. The number of carbonyl (C=O) groups is 1. The van der Waals surface area contributed by atoms with E-state index in [4.69, 9.17) is 21.1 Å². The van der Waals surface area contributed by atoms with Gasteiger partial charge in [0.25, 0.3) is 11.6 Å². The molecule has 188 valence electrons. The largest absolute Gasteiger partial charge is 0.495 e. The number of amides is 1. The highest BCUT2D eigenvalue weighted by Gasteiger charge is 2.35. The monoisotopic (exact) mass is 519 g/mol. The lowest BCUT2D eigenvalue weighted by Crippen LogP contribution is -2.31. The SMILES string of the molecule is COc1cc(NC(=O)C2=C(C)Nc3nc4ccccc4n3[C@H]2c2cccc([N+](=O)[O-])c2)c(OC)cc1Cl. The third-order valence-corrected chi connectivity index (χ3v) is 6.49. The van der Waals surface area contributed by atoms with Crippen LogP contribution in [0.5, 0.6) is 11.5 Å². The van der Waals surface area contributed by atoms with Crippen molar-refractivity contribution in [3.05, 3.63) is 92.6 Å². The van der Waals surface area contributed by atoms with Crippen molar-refractivity contribution in [1.82, 2.24) is 9.55 Å². The van der Waals surface area contributed by atoms with Crippen molar-refractivity contribution in [3.8, 4) is 11.5 Å². The molecule has 37 heavy (non-hydrogen) atoms. The molecule has 11 heteroatoms. The van der Waals surface area contributed by atoms with Crippen LogP contribution in [0.25, 0.3) is 11.0 Å². The Morgan fingerprint density at radius 1 is 1.11 bits per heavy atom. The summed E-state index contributed by atoms with van der Waals surface area (Å²) in [5, 5.41) is 18.0. The van der Waals surface area contributed by atoms with Crippen molar-refractivity contribution in [2.45, 2.75) is 13.0 Å². The van der Waals surface area contributed by atoms with Crippen LogP contribution in [-0.2, 0) is 4.79 Å². The highest BCUT2D eigenvalue weighted by Crippen LogP contribution is 2.41. The topological polar surface area (TPSA) is 121 Å². The van der Waals surface area contributed by atoms with E-state index < -0.39 is 16.9 Å². The summed E-state index contributed by atoms with van der Waals surface area (Å²) in [6.07, 6.45) is 0. The maximum Gasteiger partial charge on any atom is 0.269 e. The molecule has 0 saturated heterocycles. The molecule has 0 saturated carbocycles. The lowest BCUT2D eigenvalue weighted by atomic mass is 9.94. The lowest BCUT2D eigenvalue weighted by Gasteiger charge is -2.30. The molecule has 1 atom stereocenters. The summed E-state index contributed by atoms with van der Waals surface area (Å²) in [7, 11) is 2.94. The molecule has 2 heterocycles. The maximum atomic E-state index is 13.9. The van der Waals surface area contributed by atoms with E-state index in [1.165, 1.54) is 26.4 Å². The minimum Gasteiger partial charge on any atom is -0.495 e. The van der Waals surface area contributed by atoms with Crippen molar-refractivity contribution < 1.29 is 19.2 Å². The number of anilines is 2. The molecule has 0 unspecified atom stereocenters. The van der Waals surface area contributed by atoms with Gasteiger partial charge in [0.2, 0.25) is 5.95 Å². The molecule has 0 spiro atoms. The zero-order valence-corrected chi connectivity index (χ0v) is 20.9. The van der Waals surface area contributed by atoms with Gasteiger partial charge >= 0.3 is 0 Å². The number of nitrogens with one attached hydrogen (secondary N) is 2. The Bertz CT molecular complexity index is 1600. The van der Waals surface area contributed by atoms with Crippen LogP contribution >= 0.6 is 11.6 Å². The number of allylic oxidation sites excluding steroid dienone is 1. The minimum absolute atomic E-state index is 0.0801. The predicted molar refractivity (Wildman–Crippen MR) is 140 cm³/mol. The summed E-state index contributed by atoms with van der Waals surface area (Å²) in [5.41, 5.74) is 3.23. The molecule has 1 aliphatic rings. The van der Waals surface area contributed by atoms with Crippen LogP contribution in [-0.4, -0.2) is 34.6 Å². The van der Waals surface area contributed by atoms with Crippen molar-refractivity contribution >= 4 is 45.9 Å². The van der Waals surface area contributed by atoms with E-state index >= 15 is 0 Å². The van der Waals surface area contributed by atoms with E-state index in [0.717, 1.165) is 11.0 Å². The molecule has 0 fully saturated rings. The molecule has 0 aliphatic carbocycles. The smallest absolute Gasteiger partial charge is 0.269 e. The average Bonchev–Trinajstić information content (AvgIpc) is 3.26. The number of imidazole rings is 1. The van der Waals surface area contributed by atoms with Crippen molar-refractivity contribution in [2.24, 2.45) is 0 Å². The van der Waals surface area contributed by atoms with Gasteiger partial charge in [0.05, 0.1) is 52.5 Å². The highest BCUT2D eigenvalue weighted by molar-refractivity contribution is 6.32. The zero-order valence-electron chi connectivity index (χ0n) is 20.1. The van der Waals surface area contributed by atoms with Crippen LogP contribution < -0.4 is 20.1 Å². The van der Waals surface area contributed by atoms with Crippen molar-refractivity contribution in [1.29, 1.82) is 0 Å².